The summed E-state index contributed by atoms with van der Waals surface area (Å²) in [7, 11) is 3.33. The van der Waals surface area contributed by atoms with E-state index in [2.05, 4.69) is 30.7 Å². The Kier molecular flexibility index (Phi) is 5.61. The van der Waals surface area contributed by atoms with Gasteiger partial charge in [0.2, 0.25) is 11.9 Å². The van der Waals surface area contributed by atoms with Crippen LogP contribution in [0.3, 0.4) is 0 Å². The van der Waals surface area contributed by atoms with Crippen LogP contribution in [-0.4, -0.2) is 43.5 Å². The van der Waals surface area contributed by atoms with E-state index >= 15 is 0 Å². The number of methoxy groups -OCH3 is 1. The number of anilines is 3. The molecule has 0 radical (unpaired) electrons. The van der Waals surface area contributed by atoms with E-state index in [0.29, 0.717) is 34.8 Å². The van der Waals surface area contributed by atoms with E-state index in [1.807, 2.05) is 12.1 Å². The summed E-state index contributed by atoms with van der Waals surface area (Å²) < 4.78 is 7.23. The van der Waals surface area contributed by atoms with Crippen LogP contribution in [0.4, 0.5) is 17.5 Å². The Labute approximate surface area is 179 Å². The van der Waals surface area contributed by atoms with E-state index < -0.39 is 0 Å². The number of ether oxygens (including phenoxy) is 1. The van der Waals surface area contributed by atoms with Crippen molar-refractivity contribution in [3.05, 3.63) is 36.3 Å². The zero-order valence-electron chi connectivity index (χ0n) is 17.5. The van der Waals surface area contributed by atoms with Gasteiger partial charge in [-0.2, -0.15) is 10.1 Å². The van der Waals surface area contributed by atoms with Gasteiger partial charge in [-0.25, -0.2) is 9.97 Å². The number of Topliss-reactive ketones (excluding diaryl/α,β-unsaturated/α-hetero) is 1. The molecule has 1 aromatic carbocycles. The molecule has 160 valence electrons. The molecule has 4 rings (SSSR count). The quantitative estimate of drug-likeness (QED) is 0.532. The number of nitrogens with one attached hydrogen (secondary N) is 2. The lowest BCUT2D eigenvalue weighted by Gasteiger charge is -2.15. The van der Waals surface area contributed by atoms with Gasteiger partial charge in [-0.15, -0.1) is 0 Å². The number of hydrogen-bond donors (Lipinski definition) is 2. The molecule has 1 saturated carbocycles. The number of aryl methyl sites for hydroxylation is 1. The van der Waals surface area contributed by atoms with Crippen molar-refractivity contribution in [3.8, 4) is 17.1 Å². The highest BCUT2D eigenvalue weighted by molar-refractivity contribution is 6.01. The first-order chi connectivity index (χ1) is 15.0. The lowest BCUT2D eigenvalue weighted by Crippen LogP contribution is -2.17. The maximum absolute atomic E-state index is 12.5. The number of hydrogen-bond acceptors (Lipinski definition) is 8. The number of benzene rings is 1. The van der Waals surface area contributed by atoms with Gasteiger partial charge in [0.1, 0.15) is 12.1 Å². The molecule has 0 unspecified atom stereocenters. The number of amides is 1. The molecule has 2 N–H and O–H groups in total. The minimum atomic E-state index is -0.121. The Hall–Kier alpha value is -3.82. The summed E-state index contributed by atoms with van der Waals surface area (Å²) in [5.74, 6) is 1.23. The first-order valence-electron chi connectivity index (χ1n) is 10.0. The fraction of sp³-hybridized carbons (Fsp3) is 0.333. The van der Waals surface area contributed by atoms with Gasteiger partial charge in [-0.1, -0.05) is 13.0 Å². The normalized spacial score (nSPS) is 13.0. The van der Waals surface area contributed by atoms with Crippen molar-refractivity contribution in [3.63, 3.8) is 0 Å². The first-order valence-corrected chi connectivity index (χ1v) is 10.0. The van der Waals surface area contributed by atoms with Crippen LogP contribution in [-0.2, 0) is 11.8 Å². The Morgan fingerprint density at radius 2 is 2.06 bits per heavy atom. The van der Waals surface area contributed by atoms with E-state index in [1.165, 1.54) is 6.20 Å². The molecular formula is C21H23N7O3. The maximum Gasteiger partial charge on any atom is 0.231 e. The molecule has 2 aromatic heterocycles. The van der Waals surface area contributed by atoms with Crippen molar-refractivity contribution in [1.82, 2.24) is 24.7 Å². The highest BCUT2D eigenvalue weighted by Gasteiger charge is 2.30. The van der Waals surface area contributed by atoms with Crippen LogP contribution < -0.4 is 15.4 Å². The molecule has 1 amide bonds. The third-order valence-corrected chi connectivity index (χ3v) is 4.91. The topological polar surface area (TPSA) is 124 Å². The number of aromatic nitrogens is 5. The van der Waals surface area contributed by atoms with Gasteiger partial charge in [0, 0.05) is 25.6 Å². The number of rotatable bonds is 8. The standard InChI is InChI=1S/C21H23N7O3/c1-4-16(29)14-10-22-21(26-20(30)12-8-9-12)25-19(14)24-15-7-5-6-13(17(15)31-3)18-23-11-28(2)27-18/h5-7,10-12H,4,8-9H2,1-3H3,(H2,22,24,25,26,30). The van der Waals surface area contributed by atoms with E-state index in [4.69, 9.17) is 4.74 Å². The third kappa shape index (κ3) is 4.37. The second-order valence-corrected chi connectivity index (χ2v) is 7.25. The van der Waals surface area contributed by atoms with Crippen LogP contribution >= 0.6 is 0 Å². The minimum absolute atomic E-state index is 0.0135. The molecule has 0 aliphatic heterocycles. The van der Waals surface area contributed by atoms with Gasteiger partial charge in [0.15, 0.2) is 17.4 Å². The fourth-order valence-corrected chi connectivity index (χ4v) is 3.11. The second-order valence-electron chi connectivity index (χ2n) is 7.25. The van der Waals surface area contributed by atoms with Crippen molar-refractivity contribution in [2.24, 2.45) is 13.0 Å². The van der Waals surface area contributed by atoms with Crippen LogP contribution in [0.1, 0.15) is 36.5 Å². The molecular weight excluding hydrogens is 398 g/mol. The predicted molar refractivity (Wildman–Crippen MR) is 114 cm³/mol. The average Bonchev–Trinajstić information content (AvgIpc) is 3.54. The smallest absolute Gasteiger partial charge is 0.231 e. The largest absolute Gasteiger partial charge is 0.494 e. The summed E-state index contributed by atoms with van der Waals surface area (Å²) in [4.78, 5) is 37.4. The van der Waals surface area contributed by atoms with Crippen molar-refractivity contribution >= 4 is 29.1 Å². The highest BCUT2D eigenvalue weighted by atomic mass is 16.5. The maximum atomic E-state index is 12.5. The highest BCUT2D eigenvalue weighted by Crippen LogP contribution is 2.37. The van der Waals surface area contributed by atoms with Gasteiger partial charge < -0.3 is 10.1 Å². The lowest BCUT2D eigenvalue weighted by molar-refractivity contribution is -0.117. The summed E-state index contributed by atoms with van der Waals surface area (Å²) in [5, 5.41) is 10.2. The number of para-hydroxylation sites is 1. The average molecular weight is 421 g/mol. The Morgan fingerprint density at radius 3 is 2.71 bits per heavy atom. The molecule has 2 heterocycles. The van der Waals surface area contributed by atoms with Gasteiger partial charge in [-0.05, 0) is 25.0 Å². The summed E-state index contributed by atoms with van der Waals surface area (Å²) in [6.45, 7) is 1.77. The van der Waals surface area contributed by atoms with E-state index in [9.17, 15) is 9.59 Å². The third-order valence-electron chi connectivity index (χ3n) is 4.91. The van der Waals surface area contributed by atoms with Crippen molar-refractivity contribution < 1.29 is 14.3 Å². The molecule has 1 aliphatic rings. The van der Waals surface area contributed by atoms with Gasteiger partial charge in [-0.3, -0.25) is 19.6 Å². The summed E-state index contributed by atoms with van der Waals surface area (Å²) in [6.07, 6.45) is 5.07. The van der Waals surface area contributed by atoms with Crippen molar-refractivity contribution in [1.29, 1.82) is 0 Å². The molecule has 1 aliphatic carbocycles. The van der Waals surface area contributed by atoms with E-state index in [1.54, 1.807) is 38.2 Å². The first kappa shape index (κ1) is 20.5. The monoisotopic (exact) mass is 421 g/mol. The summed E-state index contributed by atoms with van der Waals surface area (Å²) in [5.41, 5.74) is 1.60. The zero-order valence-corrected chi connectivity index (χ0v) is 17.5. The summed E-state index contributed by atoms with van der Waals surface area (Å²) >= 11 is 0. The molecule has 10 nitrogen and oxygen atoms in total. The molecule has 31 heavy (non-hydrogen) atoms. The Bertz CT molecular complexity index is 1140. The zero-order chi connectivity index (χ0) is 22.0. The number of carbonyl (C=O) groups excluding carboxylic acids is 2. The van der Waals surface area contributed by atoms with Crippen LogP contribution in [0.5, 0.6) is 5.75 Å². The fourth-order valence-electron chi connectivity index (χ4n) is 3.11. The number of carbonyl (C=O) groups is 2. The second kappa shape index (κ2) is 8.50. The molecule has 1 fully saturated rings. The number of ketones is 1. The minimum Gasteiger partial charge on any atom is -0.494 e. The van der Waals surface area contributed by atoms with Crippen LogP contribution in [0, 0.1) is 5.92 Å². The predicted octanol–water partition coefficient (Wildman–Crippen LogP) is 2.97. The van der Waals surface area contributed by atoms with Crippen LogP contribution in [0.15, 0.2) is 30.7 Å². The van der Waals surface area contributed by atoms with E-state index in [0.717, 1.165) is 12.8 Å². The summed E-state index contributed by atoms with van der Waals surface area (Å²) in [6, 6.07) is 5.48. The Balaban J connectivity index is 1.71. The van der Waals surface area contributed by atoms with Crippen molar-refractivity contribution in [2.75, 3.05) is 17.7 Å². The molecule has 0 spiro atoms. The van der Waals surface area contributed by atoms with Crippen LogP contribution in [0.2, 0.25) is 0 Å². The molecule has 0 atom stereocenters. The molecule has 0 saturated heterocycles. The van der Waals surface area contributed by atoms with Gasteiger partial charge in [0.25, 0.3) is 0 Å². The lowest BCUT2D eigenvalue weighted by atomic mass is 10.1. The number of nitrogens with zero attached hydrogens (tertiary/aromatic N) is 5. The van der Waals surface area contributed by atoms with E-state index in [-0.39, 0.29) is 29.4 Å². The Morgan fingerprint density at radius 1 is 1.26 bits per heavy atom. The molecule has 3 aromatic rings. The SMILES string of the molecule is CCC(=O)c1cnc(NC(=O)C2CC2)nc1Nc1cccc(-c2ncn(C)n2)c1OC. The van der Waals surface area contributed by atoms with Gasteiger partial charge in [0.05, 0.1) is 23.9 Å². The van der Waals surface area contributed by atoms with Crippen molar-refractivity contribution in [2.45, 2.75) is 26.2 Å². The molecule has 10 heteroatoms. The molecule has 0 bridgehead atoms. The van der Waals surface area contributed by atoms with Crippen LogP contribution in [0.25, 0.3) is 11.4 Å². The van der Waals surface area contributed by atoms with Gasteiger partial charge >= 0.3 is 0 Å².